The quantitative estimate of drug-likeness (QED) is 0.635. The van der Waals surface area contributed by atoms with Crippen LogP contribution in [0.2, 0.25) is 0 Å². The van der Waals surface area contributed by atoms with Crippen molar-refractivity contribution in [2.24, 2.45) is 0 Å². The van der Waals surface area contributed by atoms with Crippen LogP contribution in [0.25, 0.3) is 0 Å². The summed E-state index contributed by atoms with van der Waals surface area (Å²) in [6.45, 7) is 2.34. The van der Waals surface area contributed by atoms with Crippen LogP contribution in [0.15, 0.2) is 48.5 Å². The minimum atomic E-state index is -1.08. The van der Waals surface area contributed by atoms with Crippen LogP contribution < -0.4 is 10.1 Å². The third kappa shape index (κ3) is 4.09. The van der Waals surface area contributed by atoms with Gasteiger partial charge in [0.15, 0.2) is 5.78 Å². The highest BCUT2D eigenvalue weighted by atomic mass is 16.5. The molecule has 0 fully saturated rings. The van der Waals surface area contributed by atoms with Crippen molar-refractivity contribution in [1.82, 2.24) is 5.32 Å². The summed E-state index contributed by atoms with van der Waals surface area (Å²) >= 11 is 0. The van der Waals surface area contributed by atoms with Gasteiger partial charge in [-0.2, -0.15) is 0 Å². The normalized spacial score (nSPS) is 10.0. The van der Waals surface area contributed by atoms with Crippen molar-refractivity contribution >= 4 is 11.9 Å². The lowest BCUT2D eigenvalue weighted by Crippen LogP contribution is -2.26. The summed E-state index contributed by atoms with van der Waals surface area (Å²) in [6.07, 6.45) is -1.08. The molecule has 114 valence electrons. The monoisotopic (exact) mass is 299 g/mol. The minimum Gasteiger partial charge on any atom is -0.492 e. The first-order chi connectivity index (χ1) is 10.6. The second kappa shape index (κ2) is 7.26. The average Bonchev–Trinajstić information content (AvgIpc) is 2.52. The molecular weight excluding hydrogens is 282 g/mol. The van der Waals surface area contributed by atoms with Crippen LogP contribution in [0, 0.1) is 6.92 Å². The van der Waals surface area contributed by atoms with Crippen LogP contribution in [0.5, 0.6) is 5.75 Å². The molecule has 22 heavy (non-hydrogen) atoms. The van der Waals surface area contributed by atoms with Gasteiger partial charge in [0.05, 0.1) is 6.54 Å². The van der Waals surface area contributed by atoms with E-state index in [1.165, 1.54) is 0 Å². The van der Waals surface area contributed by atoms with Crippen molar-refractivity contribution in [3.05, 3.63) is 65.2 Å². The molecule has 0 aliphatic heterocycles. The molecule has 0 aliphatic rings. The lowest BCUT2D eigenvalue weighted by molar-refractivity contribution is 0.103. The lowest BCUT2D eigenvalue weighted by atomic mass is 9.99. The van der Waals surface area contributed by atoms with Crippen molar-refractivity contribution in [2.45, 2.75) is 6.92 Å². The third-order valence-corrected chi connectivity index (χ3v) is 3.15. The summed E-state index contributed by atoms with van der Waals surface area (Å²) in [6, 6.07) is 14.3. The van der Waals surface area contributed by atoms with E-state index in [4.69, 9.17) is 9.84 Å². The lowest BCUT2D eigenvalue weighted by Gasteiger charge is -2.08. The van der Waals surface area contributed by atoms with Crippen LogP contribution >= 0.6 is 0 Å². The van der Waals surface area contributed by atoms with Crippen LogP contribution in [0.1, 0.15) is 21.5 Å². The number of carboxylic acid groups (broad SMARTS) is 1. The number of rotatable bonds is 6. The number of ether oxygens (including phenoxy) is 1. The van der Waals surface area contributed by atoms with Crippen molar-refractivity contribution in [3.63, 3.8) is 0 Å². The van der Waals surface area contributed by atoms with E-state index in [0.29, 0.717) is 16.9 Å². The maximum absolute atomic E-state index is 12.4. The Labute approximate surface area is 128 Å². The molecule has 5 heteroatoms. The van der Waals surface area contributed by atoms with Crippen molar-refractivity contribution < 1.29 is 19.4 Å². The SMILES string of the molecule is Cc1ccccc1C(=O)c1ccc(OCCNC(=O)O)cc1. The number of aryl methyl sites for hydroxylation is 1. The van der Waals surface area contributed by atoms with E-state index in [-0.39, 0.29) is 18.9 Å². The van der Waals surface area contributed by atoms with E-state index >= 15 is 0 Å². The maximum atomic E-state index is 12.4. The molecule has 0 aromatic heterocycles. The summed E-state index contributed by atoms with van der Waals surface area (Å²) in [7, 11) is 0. The van der Waals surface area contributed by atoms with Gasteiger partial charge in [0, 0.05) is 11.1 Å². The van der Waals surface area contributed by atoms with Gasteiger partial charge in [0.2, 0.25) is 0 Å². The predicted octanol–water partition coefficient (Wildman–Crippen LogP) is 2.87. The summed E-state index contributed by atoms with van der Waals surface area (Å²) in [5.74, 6) is 0.561. The number of carbonyl (C=O) groups is 2. The van der Waals surface area contributed by atoms with Crippen LogP contribution in [-0.4, -0.2) is 30.1 Å². The first kappa shape index (κ1) is 15.6. The Morgan fingerprint density at radius 3 is 2.41 bits per heavy atom. The standard InChI is InChI=1S/C17H17NO4/c1-12-4-2-3-5-15(12)16(19)13-6-8-14(9-7-13)22-11-10-18-17(20)21/h2-9,18H,10-11H2,1H3,(H,20,21). The highest BCUT2D eigenvalue weighted by Gasteiger charge is 2.11. The molecular formula is C17H17NO4. The van der Waals surface area contributed by atoms with Gasteiger partial charge in [0.1, 0.15) is 12.4 Å². The molecule has 5 nitrogen and oxygen atoms in total. The van der Waals surface area contributed by atoms with Crippen LogP contribution in [-0.2, 0) is 0 Å². The summed E-state index contributed by atoms with van der Waals surface area (Å²) < 4.78 is 5.38. The summed E-state index contributed by atoms with van der Waals surface area (Å²) in [5, 5.41) is 10.6. The molecule has 0 bridgehead atoms. The zero-order valence-corrected chi connectivity index (χ0v) is 12.2. The summed E-state index contributed by atoms with van der Waals surface area (Å²) in [5.41, 5.74) is 2.21. The number of nitrogens with one attached hydrogen (secondary N) is 1. The second-order valence-corrected chi connectivity index (χ2v) is 4.75. The number of ketones is 1. The molecule has 2 N–H and O–H groups in total. The number of amides is 1. The zero-order valence-electron chi connectivity index (χ0n) is 12.2. The predicted molar refractivity (Wildman–Crippen MR) is 82.6 cm³/mol. The van der Waals surface area contributed by atoms with Gasteiger partial charge < -0.3 is 15.2 Å². The Bertz CT molecular complexity index is 665. The van der Waals surface area contributed by atoms with Crippen molar-refractivity contribution in [3.8, 4) is 5.75 Å². The average molecular weight is 299 g/mol. The number of hydrogen-bond donors (Lipinski definition) is 2. The van der Waals surface area contributed by atoms with E-state index in [1.54, 1.807) is 30.3 Å². The molecule has 0 saturated heterocycles. The number of benzene rings is 2. The first-order valence-corrected chi connectivity index (χ1v) is 6.88. The highest BCUT2D eigenvalue weighted by Crippen LogP contribution is 2.17. The first-order valence-electron chi connectivity index (χ1n) is 6.88. The molecule has 2 aromatic carbocycles. The van der Waals surface area contributed by atoms with Gasteiger partial charge in [-0.25, -0.2) is 4.79 Å². The van der Waals surface area contributed by atoms with Crippen LogP contribution in [0.3, 0.4) is 0 Å². The van der Waals surface area contributed by atoms with Crippen molar-refractivity contribution in [1.29, 1.82) is 0 Å². The van der Waals surface area contributed by atoms with E-state index in [2.05, 4.69) is 5.32 Å². The molecule has 0 radical (unpaired) electrons. The molecule has 2 aromatic rings. The molecule has 0 atom stereocenters. The largest absolute Gasteiger partial charge is 0.492 e. The van der Waals surface area contributed by atoms with Gasteiger partial charge in [-0.05, 0) is 36.8 Å². The Morgan fingerprint density at radius 1 is 1.09 bits per heavy atom. The number of hydrogen-bond acceptors (Lipinski definition) is 3. The molecule has 0 unspecified atom stereocenters. The summed E-state index contributed by atoms with van der Waals surface area (Å²) in [4.78, 5) is 22.7. The fraction of sp³-hybridized carbons (Fsp3) is 0.176. The molecule has 1 amide bonds. The molecule has 0 heterocycles. The van der Waals surface area contributed by atoms with Gasteiger partial charge in [0.25, 0.3) is 0 Å². The van der Waals surface area contributed by atoms with Gasteiger partial charge in [-0.3, -0.25) is 4.79 Å². The fourth-order valence-electron chi connectivity index (χ4n) is 2.01. The minimum absolute atomic E-state index is 0.0304. The van der Waals surface area contributed by atoms with Gasteiger partial charge >= 0.3 is 6.09 Å². The number of carbonyl (C=O) groups excluding carboxylic acids is 1. The second-order valence-electron chi connectivity index (χ2n) is 4.75. The van der Waals surface area contributed by atoms with Gasteiger partial charge in [-0.15, -0.1) is 0 Å². The Morgan fingerprint density at radius 2 is 1.77 bits per heavy atom. The molecule has 0 aliphatic carbocycles. The molecule has 2 rings (SSSR count). The Hall–Kier alpha value is -2.82. The molecule has 0 spiro atoms. The molecule has 0 saturated carbocycles. The topological polar surface area (TPSA) is 75.6 Å². The van der Waals surface area contributed by atoms with E-state index in [1.807, 2.05) is 25.1 Å². The van der Waals surface area contributed by atoms with E-state index in [0.717, 1.165) is 5.56 Å². The smallest absolute Gasteiger partial charge is 0.404 e. The van der Waals surface area contributed by atoms with Crippen molar-refractivity contribution in [2.75, 3.05) is 13.2 Å². The zero-order chi connectivity index (χ0) is 15.9. The Balaban J connectivity index is 1.98. The highest BCUT2D eigenvalue weighted by molar-refractivity contribution is 6.09. The maximum Gasteiger partial charge on any atom is 0.404 e. The van der Waals surface area contributed by atoms with Gasteiger partial charge in [-0.1, -0.05) is 24.3 Å². The van der Waals surface area contributed by atoms with Crippen LogP contribution in [0.4, 0.5) is 4.79 Å². The third-order valence-electron chi connectivity index (χ3n) is 3.15. The van der Waals surface area contributed by atoms with E-state index in [9.17, 15) is 9.59 Å². The Kier molecular flexibility index (Phi) is 5.14. The fourth-order valence-corrected chi connectivity index (χ4v) is 2.01. The van der Waals surface area contributed by atoms with E-state index < -0.39 is 6.09 Å².